The lowest BCUT2D eigenvalue weighted by Gasteiger charge is -2.17. The minimum Gasteiger partial charge on any atom is -0.389 e. The van der Waals surface area contributed by atoms with E-state index < -0.39 is 6.04 Å². The maximum absolute atomic E-state index is 11.5. The van der Waals surface area contributed by atoms with Crippen LogP contribution in [0.4, 0.5) is 5.82 Å². The minimum absolute atomic E-state index is 0.149. The van der Waals surface area contributed by atoms with Gasteiger partial charge in [-0.05, 0) is 26.3 Å². The fraction of sp³-hybridized carbons (Fsp3) is 0.455. The van der Waals surface area contributed by atoms with Gasteiger partial charge in [-0.3, -0.25) is 4.79 Å². The lowest BCUT2D eigenvalue weighted by atomic mass is 10.1. The number of likely N-dealkylation sites (N-methyl/N-ethyl adjacent to an activating group) is 1. The molecule has 0 aliphatic heterocycles. The molecule has 1 aromatic rings. The van der Waals surface area contributed by atoms with Crippen LogP contribution in [-0.4, -0.2) is 34.2 Å². The van der Waals surface area contributed by atoms with Crippen LogP contribution in [0.2, 0.25) is 0 Å². The van der Waals surface area contributed by atoms with E-state index in [2.05, 4.69) is 20.8 Å². The molecule has 18 heavy (non-hydrogen) atoms. The molecule has 0 spiro atoms. The summed E-state index contributed by atoms with van der Waals surface area (Å²) in [6.45, 7) is 5.42. The second-order valence-corrected chi connectivity index (χ2v) is 4.42. The number of nitrogens with zero attached hydrogens (tertiary/aromatic N) is 2. The molecule has 0 fully saturated rings. The number of carbonyl (C=O) groups is 1. The molecule has 98 valence electrons. The Morgan fingerprint density at radius 3 is 2.50 bits per heavy atom. The molecule has 1 rings (SSSR count). The van der Waals surface area contributed by atoms with E-state index in [0.29, 0.717) is 11.4 Å². The molecule has 1 unspecified atom stereocenters. The van der Waals surface area contributed by atoms with Crippen molar-refractivity contribution in [2.75, 3.05) is 12.4 Å². The van der Waals surface area contributed by atoms with Crippen molar-refractivity contribution in [1.82, 2.24) is 15.5 Å². The Morgan fingerprint density at radius 1 is 1.39 bits per heavy atom. The Bertz CT molecular complexity index is 489. The summed E-state index contributed by atoms with van der Waals surface area (Å²) in [6, 6.07) is -0.445. The summed E-state index contributed by atoms with van der Waals surface area (Å²) in [7, 11) is 1.57. The molecule has 1 amide bonds. The van der Waals surface area contributed by atoms with Crippen LogP contribution in [0.5, 0.6) is 0 Å². The zero-order valence-corrected chi connectivity index (χ0v) is 11.7. The van der Waals surface area contributed by atoms with Gasteiger partial charge in [-0.25, -0.2) is 0 Å². The van der Waals surface area contributed by atoms with E-state index in [4.69, 9.17) is 18.0 Å². The second-order valence-electron chi connectivity index (χ2n) is 3.98. The van der Waals surface area contributed by atoms with Crippen molar-refractivity contribution in [3.63, 3.8) is 0 Å². The summed E-state index contributed by atoms with van der Waals surface area (Å²) in [4.78, 5) is 11.7. The van der Waals surface area contributed by atoms with Gasteiger partial charge in [-0.1, -0.05) is 12.2 Å². The number of hydrogen-bond donors (Lipinski definition) is 3. The van der Waals surface area contributed by atoms with Crippen molar-refractivity contribution in [1.29, 1.82) is 0 Å². The average Bonchev–Trinajstić information content (AvgIpc) is 2.32. The van der Waals surface area contributed by atoms with Gasteiger partial charge < -0.3 is 16.4 Å². The molecule has 0 radical (unpaired) electrons. The molecule has 0 bridgehead atoms. The highest BCUT2D eigenvalue weighted by molar-refractivity contribution is 7.80. The molecule has 1 aromatic heterocycles. The van der Waals surface area contributed by atoms with Crippen LogP contribution in [0.1, 0.15) is 23.7 Å². The molecular formula is C11H17N5OS. The zero-order chi connectivity index (χ0) is 13.9. The molecule has 0 aliphatic rings. The van der Waals surface area contributed by atoms with E-state index in [1.165, 1.54) is 0 Å². The van der Waals surface area contributed by atoms with Gasteiger partial charge in [0.15, 0.2) is 5.82 Å². The van der Waals surface area contributed by atoms with Gasteiger partial charge in [0, 0.05) is 7.05 Å². The van der Waals surface area contributed by atoms with Crippen LogP contribution in [0.15, 0.2) is 0 Å². The van der Waals surface area contributed by atoms with E-state index in [0.717, 1.165) is 11.3 Å². The summed E-state index contributed by atoms with van der Waals surface area (Å²) in [5.74, 6) is 0.283. The number of nitrogens with one attached hydrogen (secondary N) is 2. The quantitative estimate of drug-likeness (QED) is 0.678. The SMILES string of the molecule is CNC(=O)C(C)Nc1nnc(C)c(C)c1C(N)=S. The molecular weight excluding hydrogens is 250 g/mol. The number of thiocarbonyl (C=S) groups is 1. The predicted molar refractivity (Wildman–Crippen MR) is 74.5 cm³/mol. The normalized spacial score (nSPS) is 11.8. The number of aromatic nitrogens is 2. The summed E-state index contributed by atoms with van der Waals surface area (Å²) in [6.07, 6.45) is 0. The van der Waals surface area contributed by atoms with Crippen LogP contribution >= 0.6 is 12.2 Å². The van der Waals surface area contributed by atoms with Crippen LogP contribution in [0.25, 0.3) is 0 Å². The molecule has 0 saturated carbocycles. The minimum atomic E-state index is -0.445. The predicted octanol–water partition coefficient (Wildman–Crippen LogP) is 0.274. The Labute approximate surface area is 111 Å². The lowest BCUT2D eigenvalue weighted by molar-refractivity contribution is -0.121. The standard InChI is InChI=1S/C11H17N5OS/c1-5-6(2)15-16-10(8(5)9(12)18)14-7(3)11(17)13-4/h7H,1-4H3,(H2,12,18)(H,13,17)(H,14,16). The highest BCUT2D eigenvalue weighted by Gasteiger charge is 2.18. The molecule has 7 heteroatoms. The van der Waals surface area contributed by atoms with E-state index in [9.17, 15) is 4.79 Å². The number of aryl methyl sites for hydroxylation is 1. The number of amides is 1. The zero-order valence-electron chi connectivity index (χ0n) is 10.9. The van der Waals surface area contributed by atoms with Crippen molar-refractivity contribution in [2.45, 2.75) is 26.8 Å². The van der Waals surface area contributed by atoms with Crippen LogP contribution in [0.3, 0.4) is 0 Å². The van der Waals surface area contributed by atoms with Gasteiger partial charge >= 0.3 is 0 Å². The van der Waals surface area contributed by atoms with E-state index in [1.54, 1.807) is 14.0 Å². The van der Waals surface area contributed by atoms with Crippen LogP contribution < -0.4 is 16.4 Å². The fourth-order valence-corrected chi connectivity index (χ4v) is 1.75. The van der Waals surface area contributed by atoms with E-state index in [1.807, 2.05) is 13.8 Å². The Kier molecular flexibility index (Phi) is 4.55. The summed E-state index contributed by atoms with van der Waals surface area (Å²) >= 11 is 5.01. The largest absolute Gasteiger partial charge is 0.389 e. The molecule has 1 heterocycles. The third-order valence-corrected chi connectivity index (χ3v) is 2.90. The summed E-state index contributed by atoms with van der Waals surface area (Å²) in [5.41, 5.74) is 7.95. The number of rotatable bonds is 4. The first kappa shape index (κ1) is 14.3. The first-order valence-electron chi connectivity index (χ1n) is 5.50. The van der Waals surface area contributed by atoms with Gasteiger partial charge in [0.1, 0.15) is 11.0 Å². The van der Waals surface area contributed by atoms with Crippen LogP contribution in [-0.2, 0) is 4.79 Å². The highest BCUT2D eigenvalue weighted by atomic mass is 32.1. The Hall–Kier alpha value is -1.76. The van der Waals surface area contributed by atoms with Crippen molar-refractivity contribution in [3.8, 4) is 0 Å². The number of hydrogen-bond acceptors (Lipinski definition) is 5. The number of carbonyl (C=O) groups excluding carboxylic acids is 1. The molecule has 4 N–H and O–H groups in total. The molecule has 1 atom stereocenters. The maximum Gasteiger partial charge on any atom is 0.241 e. The first-order valence-corrected chi connectivity index (χ1v) is 5.91. The van der Waals surface area contributed by atoms with E-state index in [-0.39, 0.29) is 10.9 Å². The van der Waals surface area contributed by atoms with Gasteiger partial charge in [-0.2, -0.15) is 5.10 Å². The van der Waals surface area contributed by atoms with Crippen molar-refractivity contribution in [3.05, 3.63) is 16.8 Å². The van der Waals surface area contributed by atoms with Crippen LogP contribution in [0, 0.1) is 13.8 Å². The van der Waals surface area contributed by atoms with Gasteiger partial charge in [0.25, 0.3) is 0 Å². The van der Waals surface area contributed by atoms with Crippen molar-refractivity contribution in [2.24, 2.45) is 5.73 Å². The molecule has 0 aliphatic carbocycles. The topological polar surface area (TPSA) is 92.9 Å². The maximum atomic E-state index is 11.5. The average molecular weight is 267 g/mol. The number of anilines is 1. The molecule has 6 nitrogen and oxygen atoms in total. The smallest absolute Gasteiger partial charge is 0.241 e. The van der Waals surface area contributed by atoms with Crippen molar-refractivity contribution < 1.29 is 4.79 Å². The third kappa shape index (κ3) is 2.92. The monoisotopic (exact) mass is 267 g/mol. The van der Waals surface area contributed by atoms with Crippen molar-refractivity contribution >= 4 is 28.9 Å². The molecule has 0 saturated heterocycles. The molecule has 0 aromatic carbocycles. The third-order valence-electron chi connectivity index (χ3n) is 2.69. The van der Waals surface area contributed by atoms with Gasteiger partial charge in [0.2, 0.25) is 5.91 Å². The van der Waals surface area contributed by atoms with Gasteiger partial charge in [0.05, 0.1) is 11.3 Å². The Balaban J connectivity index is 3.13. The van der Waals surface area contributed by atoms with Gasteiger partial charge in [-0.15, -0.1) is 5.10 Å². The Morgan fingerprint density at radius 2 is 2.00 bits per heavy atom. The lowest BCUT2D eigenvalue weighted by Crippen LogP contribution is -2.36. The summed E-state index contributed by atoms with van der Waals surface area (Å²) in [5, 5.41) is 13.5. The fourth-order valence-electron chi connectivity index (χ4n) is 1.50. The van der Waals surface area contributed by atoms with E-state index >= 15 is 0 Å². The number of nitrogens with two attached hydrogens (primary N) is 1. The first-order chi connectivity index (χ1) is 8.38. The highest BCUT2D eigenvalue weighted by Crippen LogP contribution is 2.18. The second kappa shape index (κ2) is 5.72. The summed E-state index contributed by atoms with van der Waals surface area (Å²) < 4.78 is 0.